The Hall–Kier alpha value is -2.17. The van der Waals surface area contributed by atoms with Crippen molar-refractivity contribution < 1.29 is 4.74 Å². The van der Waals surface area contributed by atoms with E-state index in [1.807, 2.05) is 17.8 Å². The Morgan fingerprint density at radius 1 is 1.07 bits per heavy atom. The molecule has 0 spiro atoms. The summed E-state index contributed by atoms with van der Waals surface area (Å²) in [6, 6.07) is 21.3. The molecule has 0 amide bonds. The van der Waals surface area contributed by atoms with Crippen molar-refractivity contribution in [2.75, 3.05) is 19.0 Å². The molecule has 0 bridgehead atoms. The van der Waals surface area contributed by atoms with Crippen LogP contribution in [0, 0.1) is 6.92 Å². The number of hydrogen-bond donors (Lipinski definition) is 2. The highest BCUT2D eigenvalue weighted by Gasteiger charge is 2.15. The lowest BCUT2D eigenvalue weighted by Crippen LogP contribution is -2.14. The summed E-state index contributed by atoms with van der Waals surface area (Å²) in [7, 11) is 0. The van der Waals surface area contributed by atoms with Gasteiger partial charge in [0.15, 0.2) is 0 Å². The average Bonchev–Trinajstić information content (AvgIpc) is 3.34. The van der Waals surface area contributed by atoms with E-state index in [0.717, 1.165) is 31.0 Å². The second kappa shape index (κ2) is 8.68. The van der Waals surface area contributed by atoms with Crippen LogP contribution in [0.2, 0.25) is 0 Å². The molecule has 4 heteroatoms. The lowest BCUT2D eigenvalue weighted by Gasteiger charge is -2.09. The molecule has 3 aromatic rings. The quantitative estimate of drug-likeness (QED) is 0.619. The first-order valence-electron chi connectivity index (χ1n) is 9.56. The summed E-state index contributed by atoms with van der Waals surface area (Å²) in [6.07, 6.45) is 2.03. The number of H-pyrrole nitrogens is 1. The Morgan fingerprint density at radius 2 is 1.89 bits per heavy atom. The van der Waals surface area contributed by atoms with Gasteiger partial charge in [-0.3, -0.25) is 0 Å². The molecule has 1 aliphatic rings. The predicted molar refractivity (Wildman–Crippen MR) is 115 cm³/mol. The second-order valence-electron chi connectivity index (χ2n) is 7.03. The summed E-state index contributed by atoms with van der Waals surface area (Å²) < 4.78 is 5.97. The summed E-state index contributed by atoms with van der Waals surface area (Å²) in [5, 5.41) is 4.10. The van der Waals surface area contributed by atoms with E-state index < -0.39 is 0 Å². The Balaban J connectivity index is 1.30. The zero-order chi connectivity index (χ0) is 18.5. The SMILES string of the molecule is Cc1[nH]c(-c2ccccc2)cc1CCOc1ccc(CC2CNCS2)cc1. The van der Waals surface area contributed by atoms with Crippen LogP contribution in [0.4, 0.5) is 0 Å². The highest BCUT2D eigenvalue weighted by atomic mass is 32.2. The fourth-order valence-electron chi connectivity index (χ4n) is 3.48. The van der Waals surface area contributed by atoms with Crippen LogP contribution in [-0.2, 0) is 12.8 Å². The Labute approximate surface area is 165 Å². The van der Waals surface area contributed by atoms with Gasteiger partial charge in [-0.2, -0.15) is 0 Å². The molecule has 1 fully saturated rings. The minimum atomic E-state index is 0.689. The molecule has 0 radical (unpaired) electrons. The van der Waals surface area contributed by atoms with Crippen LogP contribution in [0.5, 0.6) is 5.75 Å². The zero-order valence-corrected chi connectivity index (χ0v) is 16.5. The standard InChI is InChI=1S/C23H26N2OS/c1-17-20(14-23(25-17)19-5-3-2-4-6-19)11-12-26-21-9-7-18(8-10-21)13-22-15-24-16-27-22/h2-10,14,22,24-25H,11-13,15-16H2,1H3. The fraction of sp³-hybridized carbons (Fsp3) is 0.304. The van der Waals surface area contributed by atoms with Gasteiger partial charge < -0.3 is 15.0 Å². The number of hydrogen-bond acceptors (Lipinski definition) is 3. The second-order valence-corrected chi connectivity index (χ2v) is 8.32. The predicted octanol–water partition coefficient (Wildman–Crippen LogP) is 4.82. The number of rotatable bonds is 7. The van der Waals surface area contributed by atoms with E-state index >= 15 is 0 Å². The number of aromatic nitrogens is 1. The summed E-state index contributed by atoms with van der Waals surface area (Å²) in [5.41, 5.74) is 6.31. The van der Waals surface area contributed by atoms with Gasteiger partial charge in [0.25, 0.3) is 0 Å². The maximum absolute atomic E-state index is 5.97. The van der Waals surface area contributed by atoms with E-state index in [1.165, 1.54) is 28.1 Å². The number of aromatic amines is 1. The van der Waals surface area contributed by atoms with Gasteiger partial charge in [-0.25, -0.2) is 0 Å². The molecule has 2 aromatic carbocycles. The van der Waals surface area contributed by atoms with Crippen LogP contribution in [0.1, 0.15) is 16.8 Å². The maximum atomic E-state index is 5.97. The van der Waals surface area contributed by atoms with Crippen molar-refractivity contribution in [1.82, 2.24) is 10.3 Å². The van der Waals surface area contributed by atoms with E-state index in [2.05, 4.69) is 71.8 Å². The highest BCUT2D eigenvalue weighted by molar-refractivity contribution is 8.00. The Bertz CT molecular complexity index is 852. The minimum Gasteiger partial charge on any atom is -0.493 e. The molecule has 1 atom stereocenters. The summed E-state index contributed by atoms with van der Waals surface area (Å²) >= 11 is 2.01. The van der Waals surface area contributed by atoms with E-state index in [-0.39, 0.29) is 0 Å². The van der Waals surface area contributed by atoms with Gasteiger partial charge in [0.1, 0.15) is 5.75 Å². The Kier molecular flexibility index (Phi) is 5.85. The van der Waals surface area contributed by atoms with Gasteiger partial charge in [0.2, 0.25) is 0 Å². The van der Waals surface area contributed by atoms with Crippen molar-refractivity contribution in [1.29, 1.82) is 0 Å². The van der Waals surface area contributed by atoms with Gasteiger partial charge in [0.05, 0.1) is 6.61 Å². The van der Waals surface area contributed by atoms with E-state index in [0.29, 0.717) is 11.9 Å². The third-order valence-electron chi connectivity index (χ3n) is 5.03. The van der Waals surface area contributed by atoms with Gasteiger partial charge in [-0.15, -0.1) is 11.8 Å². The number of ether oxygens (including phenoxy) is 1. The topological polar surface area (TPSA) is 37.0 Å². The number of benzene rings is 2. The van der Waals surface area contributed by atoms with E-state index in [4.69, 9.17) is 4.74 Å². The molecule has 140 valence electrons. The van der Waals surface area contributed by atoms with Crippen LogP contribution >= 0.6 is 11.8 Å². The first-order chi connectivity index (χ1) is 13.3. The van der Waals surface area contributed by atoms with Crippen molar-refractivity contribution in [3.8, 4) is 17.0 Å². The molecule has 1 saturated heterocycles. The molecule has 2 N–H and O–H groups in total. The minimum absolute atomic E-state index is 0.689. The van der Waals surface area contributed by atoms with Crippen LogP contribution < -0.4 is 10.1 Å². The fourth-order valence-corrected chi connectivity index (χ4v) is 4.50. The molecule has 0 aliphatic carbocycles. The van der Waals surface area contributed by atoms with Crippen LogP contribution in [0.3, 0.4) is 0 Å². The summed E-state index contributed by atoms with van der Waals surface area (Å²) in [4.78, 5) is 3.49. The van der Waals surface area contributed by atoms with Gasteiger partial charge in [0, 0.05) is 35.5 Å². The molecule has 0 saturated carbocycles. The summed E-state index contributed by atoms with van der Waals surface area (Å²) in [5.74, 6) is 2.03. The monoisotopic (exact) mass is 378 g/mol. The molecular weight excluding hydrogens is 352 g/mol. The molecular formula is C23H26N2OS. The molecule has 4 rings (SSSR count). The molecule has 1 aromatic heterocycles. The van der Waals surface area contributed by atoms with Crippen LogP contribution in [-0.4, -0.2) is 29.3 Å². The molecule has 27 heavy (non-hydrogen) atoms. The third-order valence-corrected chi connectivity index (χ3v) is 6.20. The zero-order valence-electron chi connectivity index (χ0n) is 15.7. The normalized spacial score (nSPS) is 16.6. The van der Waals surface area contributed by atoms with Crippen molar-refractivity contribution in [3.63, 3.8) is 0 Å². The molecule has 1 aliphatic heterocycles. The molecule has 1 unspecified atom stereocenters. The number of nitrogens with one attached hydrogen (secondary N) is 2. The smallest absolute Gasteiger partial charge is 0.119 e. The van der Waals surface area contributed by atoms with Crippen molar-refractivity contribution in [2.24, 2.45) is 0 Å². The third kappa shape index (κ3) is 4.76. The van der Waals surface area contributed by atoms with Crippen LogP contribution in [0.15, 0.2) is 60.7 Å². The largest absolute Gasteiger partial charge is 0.493 e. The lowest BCUT2D eigenvalue weighted by molar-refractivity contribution is 0.321. The lowest BCUT2D eigenvalue weighted by atomic mass is 10.1. The van der Waals surface area contributed by atoms with Crippen molar-refractivity contribution in [2.45, 2.75) is 25.0 Å². The Morgan fingerprint density at radius 3 is 2.63 bits per heavy atom. The van der Waals surface area contributed by atoms with Crippen molar-refractivity contribution in [3.05, 3.63) is 77.5 Å². The first-order valence-corrected chi connectivity index (χ1v) is 10.6. The van der Waals surface area contributed by atoms with Gasteiger partial charge in [-0.05, 0) is 48.2 Å². The summed E-state index contributed by atoms with van der Waals surface area (Å²) in [6.45, 7) is 3.94. The highest BCUT2D eigenvalue weighted by Crippen LogP contribution is 2.23. The molecule has 3 nitrogen and oxygen atoms in total. The molecule has 2 heterocycles. The van der Waals surface area contributed by atoms with E-state index in [1.54, 1.807) is 0 Å². The average molecular weight is 379 g/mol. The van der Waals surface area contributed by atoms with Gasteiger partial charge >= 0.3 is 0 Å². The number of thioether (sulfide) groups is 1. The van der Waals surface area contributed by atoms with Gasteiger partial charge in [-0.1, -0.05) is 42.5 Å². The van der Waals surface area contributed by atoms with E-state index in [9.17, 15) is 0 Å². The van der Waals surface area contributed by atoms with Crippen LogP contribution in [0.25, 0.3) is 11.3 Å². The maximum Gasteiger partial charge on any atom is 0.119 e. The van der Waals surface area contributed by atoms with Crippen molar-refractivity contribution >= 4 is 11.8 Å². The first kappa shape index (κ1) is 18.2. The number of aryl methyl sites for hydroxylation is 1.